The third-order valence-electron chi connectivity index (χ3n) is 10.2. The first-order valence-corrected chi connectivity index (χ1v) is 18.0. The SMILES string of the molecule is c1ccc(-c2ccc(Nc3ccc4c(c3)oc3cc(-c5cccc(-c6ccc(Nc7ccc8c(ccc9ccccc98)c7)cc6)c5)ccc34)cc2)cc1. The molecule has 53 heavy (non-hydrogen) atoms. The van der Waals surface area contributed by atoms with Crippen molar-refractivity contribution in [2.75, 3.05) is 10.6 Å². The van der Waals surface area contributed by atoms with Crippen LogP contribution >= 0.6 is 0 Å². The zero-order valence-electron chi connectivity index (χ0n) is 28.9. The van der Waals surface area contributed by atoms with Crippen molar-refractivity contribution in [3.8, 4) is 33.4 Å². The van der Waals surface area contributed by atoms with Crippen LogP contribution in [0.25, 0.3) is 76.9 Å². The summed E-state index contributed by atoms with van der Waals surface area (Å²) in [6.45, 7) is 0. The van der Waals surface area contributed by atoms with Crippen molar-refractivity contribution in [3.63, 3.8) is 0 Å². The van der Waals surface area contributed by atoms with Gasteiger partial charge in [0.15, 0.2) is 0 Å². The molecule has 3 nitrogen and oxygen atoms in total. The Labute approximate surface area is 307 Å². The molecule has 0 aliphatic rings. The van der Waals surface area contributed by atoms with Gasteiger partial charge >= 0.3 is 0 Å². The predicted molar refractivity (Wildman–Crippen MR) is 224 cm³/mol. The maximum atomic E-state index is 6.44. The first kappa shape index (κ1) is 30.7. The molecule has 0 spiro atoms. The first-order valence-electron chi connectivity index (χ1n) is 18.0. The van der Waals surface area contributed by atoms with E-state index in [0.29, 0.717) is 0 Å². The van der Waals surface area contributed by atoms with E-state index in [0.717, 1.165) is 55.8 Å². The smallest absolute Gasteiger partial charge is 0.137 e. The summed E-state index contributed by atoms with van der Waals surface area (Å²) in [6, 6.07) is 68.7. The molecule has 3 heteroatoms. The van der Waals surface area contributed by atoms with E-state index in [9.17, 15) is 0 Å². The molecular weight excluding hydrogens is 645 g/mol. The molecular formula is C50H34N2O. The van der Waals surface area contributed by atoms with Crippen molar-refractivity contribution < 1.29 is 4.42 Å². The molecule has 0 saturated heterocycles. The van der Waals surface area contributed by atoms with E-state index in [1.165, 1.54) is 43.8 Å². The van der Waals surface area contributed by atoms with Crippen LogP contribution < -0.4 is 10.6 Å². The Morgan fingerprint density at radius 3 is 1.49 bits per heavy atom. The van der Waals surface area contributed by atoms with E-state index in [2.05, 4.69) is 199 Å². The summed E-state index contributed by atoms with van der Waals surface area (Å²) >= 11 is 0. The molecule has 0 saturated carbocycles. The van der Waals surface area contributed by atoms with Crippen molar-refractivity contribution in [3.05, 3.63) is 194 Å². The van der Waals surface area contributed by atoms with Gasteiger partial charge in [-0.15, -0.1) is 0 Å². The zero-order chi connectivity index (χ0) is 35.1. The van der Waals surface area contributed by atoms with E-state index in [1.807, 2.05) is 6.07 Å². The van der Waals surface area contributed by atoms with Crippen LogP contribution in [0.4, 0.5) is 22.7 Å². The standard InChI is InChI=1S/C50H34N2O/c1-2-7-33(8-3-1)34-15-20-42(21-16-34)52-44-25-28-48-47-26-19-39(31-49(47)53-50(48)32-44)38-11-6-10-37(29-38)35-17-22-41(23-18-35)51-43-24-27-46-40(30-43)14-13-36-9-4-5-12-45(36)46/h1-32,51-52H. The summed E-state index contributed by atoms with van der Waals surface area (Å²) in [5.41, 5.74) is 12.9. The molecule has 250 valence electrons. The second-order valence-corrected chi connectivity index (χ2v) is 13.6. The number of hydrogen-bond donors (Lipinski definition) is 2. The maximum Gasteiger partial charge on any atom is 0.137 e. The highest BCUT2D eigenvalue weighted by Crippen LogP contribution is 2.36. The molecule has 2 N–H and O–H groups in total. The monoisotopic (exact) mass is 678 g/mol. The Kier molecular flexibility index (Phi) is 7.47. The quantitative estimate of drug-likeness (QED) is 0.165. The summed E-state index contributed by atoms with van der Waals surface area (Å²) in [5.74, 6) is 0. The Bertz CT molecular complexity index is 2920. The average molecular weight is 679 g/mol. The number of fused-ring (bicyclic) bond motifs is 6. The molecule has 10 rings (SSSR count). The van der Waals surface area contributed by atoms with Gasteiger partial charge < -0.3 is 15.1 Å². The minimum atomic E-state index is 0.864. The lowest BCUT2D eigenvalue weighted by molar-refractivity contribution is 0.669. The van der Waals surface area contributed by atoms with Gasteiger partial charge in [0.1, 0.15) is 11.2 Å². The van der Waals surface area contributed by atoms with Crippen molar-refractivity contribution in [1.29, 1.82) is 0 Å². The van der Waals surface area contributed by atoms with Crippen LogP contribution in [0.3, 0.4) is 0 Å². The van der Waals surface area contributed by atoms with E-state index >= 15 is 0 Å². The summed E-state index contributed by atoms with van der Waals surface area (Å²) in [6.07, 6.45) is 0. The first-order chi connectivity index (χ1) is 26.2. The highest BCUT2D eigenvalue weighted by Gasteiger charge is 2.11. The molecule has 0 bridgehead atoms. The van der Waals surface area contributed by atoms with Gasteiger partial charge in [0.2, 0.25) is 0 Å². The second kappa shape index (κ2) is 12.9. The summed E-state index contributed by atoms with van der Waals surface area (Å²) < 4.78 is 6.44. The van der Waals surface area contributed by atoms with Gasteiger partial charge in [-0.1, -0.05) is 121 Å². The van der Waals surface area contributed by atoms with E-state index in [4.69, 9.17) is 4.42 Å². The number of hydrogen-bond acceptors (Lipinski definition) is 3. The molecule has 0 radical (unpaired) electrons. The van der Waals surface area contributed by atoms with Crippen molar-refractivity contribution in [1.82, 2.24) is 0 Å². The minimum absolute atomic E-state index is 0.864. The lowest BCUT2D eigenvalue weighted by Gasteiger charge is -2.11. The van der Waals surface area contributed by atoms with E-state index < -0.39 is 0 Å². The average Bonchev–Trinajstić information content (AvgIpc) is 3.59. The molecule has 0 fully saturated rings. The molecule has 0 unspecified atom stereocenters. The van der Waals surface area contributed by atoms with Crippen LogP contribution in [-0.4, -0.2) is 0 Å². The van der Waals surface area contributed by atoms with Crippen LogP contribution in [-0.2, 0) is 0 Å². The number of nitrogens with one attached hydrogen (secondary N) is 2. The zero-order valence-corrected chi connectivity index (χ0v) is 28.9. The minimum Gasteiger partial charge on any atom is -0.456 e. The Morgan fingerprint density at radius 1 is 0.264 bits per heavy atom. The Hall–Kier alpha value is -7.10. The predicted octanol–water partition coefficient (Wildman–Crippen LogP) is 14.4. The molecule has 9 aromatic carbocycles. The summed E-state index contributed by atoms with van der Waals surface area (Å²) in [4.78, 5) is 0. The lowest BCUT2D eigenvalue weighted by atomic mass is 9.98. The van der Waals surface area contributed by atoms with Crippen LogP contribution in [0.15, 0.2) is 199 Å². The van der Waals surface area contributed by atoms with Gasteiger partial charge in [-0.25, -0.2) is 0 Å². The normalized spacial score (nSPS) is 11.4. The molecule has 0 aliphatic carbocycles. The highest BCUT2D eigenvalue weighted by atomic mass is 16.3. The fourth-order valence-corrected chi connectivity index (χ4v) is 7.46. The maximum absolute atomic E-state index is 6.44. The molecule has 0 atom stereocenters. The van der Waals surface area contributed by atoms with Gasteiger partial charge in [0.25, 0.3) is 0 Å². The van der Waals surface area contributed by atoms with Gasteiger partial charge in [0.05, 0.1) is 0 Å². The van der Waals surface area contributed by atoms with Gasteiger partial charge in [0, 0.05) is 39.6 Å². The Balaban J connectivity index is 0.865. The fourth-order valence-electron chi connectivity index (χ4n) is 7.46. The largest absolute Gasteiger partial charge is 0.456 e. The summed E-state index contributed by atoms with van der Waals surface area (Å²) in [7, 11) is 0. The lowest BCUT2D eigenvalue weighted by Crippen LogP contribution is -1.90. The number of furan rings is 1. The van der Waals surface area contributed by atoms with Crippen LogP contribution in [0.5, 0.6) is 0 Å². The molecule has 10 aromatic rings. The highest BCUT2D eigenvalue weighted by molar-refractivity contribution is 6.09. The number of benzene rings is 9. The third kappa shape index (κ3) is 5.94. The van der Waals surface area contributed by atoms with Gasteiger partial charge in [-0.3, -0.25) is 0 Å². The van der Waals surface area contributed by atoms with Crippen molar-refractivity contribution >= 4 is 66.2 Å². The topological polar surface area (TPSA) is 37.2 Å². The van der Waals surface area contributed by atoms with Gasteiger partial charge in [-0.2, -0.15) is 0 Å². The van der Waals surface area contributed by atoms with Crippen LogP contribution in [0.1, 0.15) is 0 Å². The molecule has 0 amide bonds. The third-order valence-corrected chi connectivity index (χ3v) is 10.2. The van der Waals surface area contributed by atoms with Gasteiger partial charge in [-0.05, 0) is 122 Å². The van der Waals surface area contributed by atoms with E-state index in [1.54, 1.807) is 0 Å². The molecule has 1 aromatic heterocycles. The number of rotatable bonds is 7. The Morgan fingerprint density at radius 2 is 0.736 bits per heavy atom. The van der Waals surface area contributed by atoms with Crippen LogP contribution in [0.2, 0.25) is 0 Å². The van der Waals surface area contributed by atoms with Crippen molar-refractivity contribution in [2.45, 2.75) is 0 Å². The van der Waals surface area contributed by atoms with E-state index in [-0.39, 0.29) is 0 Å². The second-order valence-electron chi connectivity index (χ2n) is 13.6. The molecule has 0 aliphatic heterocycles. The molecule has 1 heterocycles. The van der Waals surface area contributed by atoms with Crippen LogP contribution in [0, 0.1) is 0 Å². The fraction of sp³-hybridized carbons (Fsp3) is 0. The summed E-state index contributed by atoms with van der Waals surface area (Å²) in [5, 5.41) is 14.4. The van der Waals surface area contributed by atoms with Crippen molar-refractivity contribution in [2.24, 2.45) is 0 Å². The number of anilines is 4.